The fourth-order valence-electron chi connectivity index (χ4n) is 2.98. The molecule has 0 spiro atoms. The second-order valence-corrected chi connectivity index (χ2v) is 8.26. The van der Waals surface area contributed by atoms with E-state index in [9.17, 15) is 13.2 Å². The van der Waals surface area contributed by atoms with Gasteiger partial charge in [0, 0.05) is 11.6 Å². The summed E-state index contributed by atoms with van der Waals surface area (Å²) in [7, 11) is -3.09. The first-order valence-corrected chi connectivity index (χ1v) is 10.1. The maximum absolute atomic E-state index is 13.0. The van der Waals surface area contributed by atoms with Crippen molar-refractivity contribution in [2.75, 3.05) is 18.1 Å². The lowest BCUT2D eigenvalue weighted by molar-refractivity contribution is 0.0666. The van der Waals surface area contributed by atoms with Gasteiger partial charge in [0.25, 0.3) is 5.91 Å². The van der Waals surface area contributed by atoms with Gasteiger partial charge in [-0.3, -0.25) is 4.79 Å². The van der Waals surface area contributed by atoms with Gasteiger partial charge in [0.05, 0.1) is 30.9 Å². The lowest BCUT2D eigenvalue weighted by Gasteiger charge is -2.27. The lowest BCUT2D eigenvalue weighted by Crippen LogP contribution is -2.40. The average molecular weight is 363 g/mol. The molecule has 3 rings (SSSR count). The van der Waals surface area contributed by atoms with E-state index in [0.717, 1.165) is 0 Å². The van der Waals surface area contributed by atoms with Gasteiger partial charge in [-0.15, -0.1) is 0 Å². The minimum Gasteiger partial charge on any atom is -0.494 e. The Balaban J connectivity index is 1.83. The van der Waals surface area contributed by atoms with E-state index in [1.165, 1.54) is 0 Å². The number of benzene rings is 1. The van der Waals surface area contributed by atoms with Crippen molar-refractivity contribution < 1.29 is 22.4 Å². The highest BCUT2D eigenvalue weighted by molar-refractivity contribution is 7.91. The summed E-state index contributed by atoms with van der Waals surface area (Å²) in [5.74, 6) is 1.23. The molecule has 0 N–H and O–H groups in total. The molecule has 2 aromatic rings. The van der Waals surface area contributed by atoms with Crippen molar-refractivity contribution in [2.24, 2.45) is 0 Å². The summed E-state index contributed by atoms with van der Waals surface area (Å²) in [5.41, 5.74) is 0.499. The van der Waals surface area contributed by atoms with Crippen LogP contribution in [0.25, 0.3) is 0 Å². The van der Waals surface area contributed by atoms with Crippen LogP contribution >= 0.6 is 0 Å². The van der Waals surface area contributed by atoms with E-state index in [1.807, 2.05) is 6.92 Å². The second kappa shape index (κ2) is 7.31. The van der Waals surface area contributed by atoms with E-state index in [4.69, 9.17) is 9.15 Å². The van der Waals surface area contributed by atoms with Crippen LogP contribution in [0.15, 0.2) is 47.1 Å². The van der Waals surface area contributed by atoms with Gasteiger partial charge in [0.1, 0.15) is 11.5 Å². The number of sulfone groups is 1. The zero-order chi connectivity index (χ0) is 17.9. The molecule has 0 aliphatic carbocycles. The smallest absolute Gasteiger partial charge is 0.254 e. The van der Waals surface area contributed by atoms with E-state index in [-0.39, 0.29) is 30.0 Å². The summed E-state index contributed by atoms with van der Waals surface area (Å²) in [6.07, 6.45) is 1.99. The number of ether oxygens (including phenoxy) is 1. The Morgan fingerprint density at radius 3 is 2.60 bits per heavy atom. The molecule has 1 aromatic carbocycles. The Labute approximate surface area is 147 Å². The quantitative estimate of drug-likeness (QED) is 0.788. The van der Waals surface area contributed by atoms with Gasteiger partial charge in [-0.25, -0.2) is 8.42 Å². The number of rotatable bonds is 6. The van der Waals surface area contributed by atoms with Gasteiger partial charge in [-0.2, -0.15) is 0 Å². The molecule has 2 heterocycles. The number of amides is 1. The molecule has 0 radical (unpaired) electrons. The SMILES string of the molecule is CCOc1ccc(C(=O)N(Cc2ccco2)C2CCS(=O)(=O)C2)cc1. The fraction of sp³-hybridized carbons (Fsp3) is 0.389. The molecule has 1 fully saturated rings. The molecule has 1 unspecified atom stereocenters. The molecule has 7 heteroatoms. The van der Waals surface area contributed by atoms with Crippen LogP contribution in [-0.2, 0) is 16.4 Å². The fourth-order valence-corrected chi connectivity index (χ4v) is 4.72. The van der Waals surface area contributed by atoms with Gasteiger partial charge in [0.2, 0.25) is 0 Å². The minimum absolute atomic E-state index is 0.00349. The van der Waals surface area contributed by atoms with Crippen LogP contribution in [0, 0.1) is 0 Å². The molecular weight excluding hydrogens is 342 g/mol. The van der Waals surface area contributed by atoms with E-state index >= 15 is 0 Å². The molecule has 0 saturated carbocycles. The molecule has 1 atom stereocenters. The van der Waals surface area contributed by atoms with Crippen LogP contribution < -0.4 is 4.74 Å². The predicted molar refractivity (Wildman–Crippen MR) is 93.3 cm³/mol. The van der Waals surface area contributed by atoms with E-state index in [0.29, 0.717) is 30.1 Å². The van der Waals surface area contributed by atoms with Crippen LogP contribution in [0.3, 0.4) is 0 Å². The first kappa shape index (κ1) is 17.5. The summed E-state index contributed by atoms with van der Waals surface area (Å²) in [6.45, 7) is 2.70. The third kappa shape index (κ3) is 4.22. The Morgan fingerprint density at radius 1 is 1.28 bits per heavy atom. The molecule has 1 aliphatic heterocycles. The summed E-state index contributed by atoms with van der Waals surface area (Å²) in [6, 6.07) is 10.1. The highest BCUT2D eigenvalue weighted by Gasteiger charge is 2.35. The Kier molecular flexibility index (Phi) is 5.13. The number of carbonyl (C=O) groups excluding carboxylic acids is 1. The minimum atomic E-state index is -3.09. The van der Waals surface area contributed by atoms with Gasteiger partial charge in [-0.1, -0.05) is 0 Å². The van der Waals surface area contributed by atoms with Crippen LogP contribution in [0.4, 0.5) is 0 Å². The summed E-state index contributed by atoms with van der Waals surface area (Å²) in [4.78, 5) is 14.6. The average Bonchev–Trinajstić information content (AvgIpc) is 3.22. The maximum atomic E-state index is 13.0. The first-order chi connectivity index (χ1) is 12.0. The largest absolute Gasteiger partial charge is 0.494 e. The molecule has 1 amide bonds. The third-order valence-corrected chi connectivity index (χ3v) is 5.98. The van der Waals surface area contributed by atoms with E-state index < -0.39 is 9.84 Å². The Hall–Kier alpha value is -2.28. The van der Waals surface area contributed by atoms with Crippen molar-refractivity contribution in [2.45, 2.75) is 25.9 Å². The van der Waals surface area contributed by atoms with Crippen molar-refractivity contribution in [3.8, 4) is 5.75 Å². The number of furan rings is 1. The van der Waals surface area contributed by atoms with Crippen LogP contribution in [0.2, 0.25) is 0 Å². The van der Waals surface area contributed by atoms with Crippen molar-refractivity contribution in [1.82, 2.24) is 4.90 Å². The number of hydrogen-bond donors (Lipinski definition) is 0. The van der Waals surface area contributed by atoms with Gasteiger partial charge < -0.3 is 14.1 Å². The maximum Gasteiger partial charge on any atom is 0.254 e. The Morgan fingerprint density at radius 2 is 2.04 bits per heavy atom. The predicted octanol–water partition coefficient (Wildman–Crippen LogP) is 2.51. The molecule has 25 heavy (non-hydrogen) atoms. The lowest BCUT2D eigenvalue weighted by atomic mass is 10.1. The monoisotopic (exact) mass is 363 g/mol. The van der Waals surface area contributed by atoms with Gasteiger partial charge in [0.15, 0.2) is 9.84 Å². The summed E-state index contributed by atoms with van der Waals surface area (Å²) >= 11 is 0. The van der Waals surface area contributed by atoms with Crippen molar-refractivity contribution in [3.63, 3.8) is 0 Å². The molecule has 0 bridgehead atoms. The number of carbonyl (C=O) groups is 1. The molecule has 134 valence electrons. The molecule has 6 nitrogen and oxygen atoms in total. The van der Waals surface area contributed by atoms with Crippen molar-refractivity contribution in [3.05, 3.63) is 54.0 Å². The third-order valence-electron chi connectivity index (χ3n) is 4.23. The van der Waals surface area contributed by atoms with Gasteiger partial charge >= 0.3 is 0 Å². The van der Waals surface area contributed by atoms with Crippen LogP contribution in [-0.4, -0.2) is 43.4 Å². The van der Waals surface area contributed by atoms with Crippen molar-refractivity contribution in [1.29, 1.82) is 0 Å². The van der Waals surface area contributed by atoms with E-state index in [2.05, 4.69) is 0 Å². The second-order valence-electron chi connectivity index (χ2n) is 6.03. The topological polar surface area (TPSA) is 76.8 Å². The summed E-state index contributed by atoms with van der Waals surface area (Å²) in [5, 5.41) is 0. The highest BCUT2D eigenvalue weighted by atomic mass is 32.2. The standard InChI is InChI=1S/C18H21NO5S/c1-2-23-16-7-5-14(6-8-16)18(20)19(12-17-4-3-10-24-17)15-9-11-25(21,22)13-15/h3-8,10,15H,2,9,11-13H2,1H3. The Bertz CT molecular complexity index is 812. The zero-order valence-corrected chi connectivity index (χ0v) is 14.9. The van der Waals surface area contributed by atoms with Crippen LogP contribution in [0.1, 0.15) is 29.5 Å². The molecule has 1 aliphatic rings. The number of hydrogen-bond acceptors (Lipinski definition) is 5. The molecule has 1 saturated heterocycles. The molecule has 1 aromatic heterocycles. The van der Waals surface area contributed by atoms with Crippen molar-refractivity contribution >= 4 is 15.7 Å². The molecular formula is C18H21NO5S. The highest BCUT2D eigenvalue weighted by Crippen LogP contribution is 2.23. The van der Waals surface area contributed by atoms with Crippen LogP contribution in [0.5, 0.6) is 5.75 Å². The normalized spacial score (nSPS) is 18.8. The van der Waals surface area contributed by atoms with E-state index in [1.54, 1.807) is 47.6 Å². The first-order valence-electron chi connectivity index (χ1n) is 8.25. The number of nitrogens with zero attached hydrogens (tertiary/aromatic N) is 1. The zero-order valence-electron chi connectivity index (χ0n) is 14.1. The summed E-state index contributed by atoms with van der Waals surface area (Å²) < 4.78 is 34.4. The van der Waals surface area contributed by atoms with Gasteiger partial charge in [-0.05, 0) is 49.7 Å².